The first-order valence-electron chi connectivity index (χ1n) is 11.1. The molecule has 2 amide bonds. The molecular weight excluding hydrogens is 404 g/mol. The summed E-state index contributed by atoms with van der Waals surface area (Å²) in [6, 6.07) is 17.5. The van der Waals surface area contributed by atoms with E-state index in [0.717, 1.165) is 32.4 Å². The van der Waals surface area contributed by atoms with E-state index in [1.807, 2.05) is 17.0 Å². The molecule has 1 aromatic heterocycles. The van der Waals surface area contributed by atoms with Crippen LogP contribution in [0.1, 0.15) is 24.8 Å². The Kier molecular flexibility index (Phi) is 6.94. The number of hydrogen-bond donors (Lipinski definition) is 1. The molecule has 2 aromatic carbocycles. The molecule has 2 heterocycles. The zero-order valence-corrected chi connectivity index (χ0v) is 18.1. The van der Waals surface area contributed by atoms with Crippen molar-refractivity contribution in [3.8, 4) is 0 Å². The lowest BCUT2D eigenvalue weighted by molar-refractivity contribution is -0.132. The topological polar surface area (TPSA) is 84.3 Å². The summed E-state index contributed by atoms with van der Waals surface area (Å²) in [4.78, 5) is 43.4. The van der Waals surface area contributed by atoms with Gasteiger partial charge in [0.1, 0.15) is 6.54 Å². The minimum atomic E-state index is -0.307. The number of carbonyl (C=O) groups excluding carboxylic acids is 2. The van der Waals surface area contributed by atoms with Gasteiger partial charge in [0.15, 0.2) is 0 Å². The number of likely N-dealkylation sites (tertiary alicyclic amines) is 1. The van der Waals surface area contributed by atoms with Gasteiger partial charge in [-0.15, -0.1) is 0 Å². The van der Waals surface area contributed by atoms with Crippen molar-refractivity contribution in [2.45, 2.75) is 32.2 Å². The van der Waals surface area contributed by atoms with Gasteiger partial charge < -0.3 is 10.2 Å². The number of para-hydroxylation sites is 1. The molecule has 1 aliphatic heterocycles. The fraction of sp³-hybridized carbons (Fsp3) is 0.360. The molecule has 166 valence electrons. The molecule has 0 atom stereocenters. The average Bonchev–Trinajstić information content (AvgIpc) is 2.82. The lowest BCUT2D eigenvalue weighted by Crippen LogP contribution is -2.41. The number of aromatic nitrogens is 2. The molecule has 0 bridgehead atoms. The van der Waals surface area contributed by atoms with E-state index in [9.17, 15) is 14.4 Å². The van der Waals surface area contributed by atoms with Crippen LogP contribution in [0.5, 0.6) is 0 Å². The number of nitrogens with zero attached hydrogens (tertiary/aromatic N) is 3. The zero-order valence-electron chi connectivity index (χ0n) is 18.1. The van der Waals surface area contributed by atoms with E-state index in [-0.39, 0.29) is 36.9 Å². The Morgan fingerprint density at radius 3 is 2.50 bits per heavy atom. The minimum absolute atomic E-state index is 0.0630. The van der Waals surface area contributed by atoms with E-state index in [2.05, 4.69) is 34.6 Å². The summed E-state index contributed by atoms with van der Waals surface area (Å²) in [5.41, 5.74) is 1.70. The lowest BCUT2D eigenvalue weighted by Gasteiger charge is -2.32. The van der Waals surface area contributed by atoms with Crippen LogP contribution in [0.3, 0.4) is 0 Å². The second kappa shape index (κ2) is 10.2. The van der Waals surface area contributed by atoms with E-state index >= 15 is 0 Å². The van der Waals surface area contributed by atoms with Gasteiger partial charge in [-0.25, -0.2) is 4.98 Å². The van der Waals surface area contributed by atoms with Gasteiger partial charge in [0, 0.05) is 26.1 Å². The van der Waals surface area contributed by atoms with Crippen molar-refractivity contribution in [3.05, 3.63) is 76.8 Å². The van der Waals surface area contributed by atoms with Crippen molar-refractivity contribution in [1.29, 1.82) is 0 Å². The van der Waals surface area contributed by atoms with E-state index in [4.69, 9.17) is 0 Å². The Labute approximate surface area is 187 Å². The number of fused-ring (bicyclic) bond motifs is 1. The number of nitrogens with one attached hydrogen (secondary N) is 1. The zero-order chi connectivity index (χ0) is 22.3. The van der Waals surface area contributed by atoms with Gasteiger partial charge in [0.25, 0.3) is 5.56 Å². The highest BCUT2D eigenvalue weighted by atomic mass is 16.2. The fourth-order valence-corrected chi connectivity index (χ4v) is 4.23. The summed E-state index contributed by atoms with van der Waals surface area (Å²) in [7, 11) is 0. The number of piperidine rings is 1. The van der Waals surface area contributed by atoms with Crippen molar-refractivity contribution in [2.24, 2.45) is 5.92 Å². The smallest absolute Gasteiger partial charge is 0.261 e. The summed E-state index contributed by atoms with van der Waals surface area (Å²) in [6.07, 6.45) is 4.71. The van der Waals surface area contributed by atoms with Crippen molar-refractivity contribution in [3.63, 3.8) is 0 Å². The Bertz CT molecular complexity index is 1130. The monoisotopic (exact) mass is 432 g/mol. The van der Waals surface area contributed by atoms with Crippen molar-refractivity contribution >= 4 is 22.7 Å². The second-order valence-corrected chi connectivity index (χ2v) is 8.31. The molecule has 4 rings (SSSR count). The van der Waals surface area contributed by atoms with Crippen molar-refractivity contribution < 1.29 is 9.59 Å². The van der Waals surface area contributed by atoms with E-state index < -0.39 is 0 Å². The average molecular weight is 433 g/mol. The minimum Gasteiger partial charge on any atom is -0.354 e. The predicted molar refractivity (Wildman–Crippen MR) is 123 cm³/mol. The molecule has 3 aromatic rings. The molecule has 0 unspecified atom stereocenters. The lowest BCUT2D eigenvalue weighted by atomic mass is 9.90. The number of carbonyl (C=O) groups is 2. The molecule has 32 heavy (non-hydrogen) atoms. The van der Waals surface area contributed by atoms with E-state index in [0.29, 0.717) is 16.8 Å². The number of benzene rings is 2. The highest BCUT2D eigenvalue weighted by molar-refractivity contribution is 5.80. The Morgan fingerprint density at radius 2 is 1.72 bits per heavy atom. The van der Waals surface area contributed by atoms with Gasteiger partial charge in [-0.3, -0.25) is 19.0 Å². The first-order chi connectivity index (χ1) is 15.6. The van der Waals surface area contributed by atoms with Crippen LogP contribution in [0, 0.1) is 5.92 Å². The second-order valence-electron chi connectivity index (χ2n) is 8.31. The molecule has 7 nitrogen and oxygen atoms in total. The number of amides is 2. The molecule has 7 heteroatoms. The molecule has 1 aliphatic rings. The summed E-state index contributed by atoms with van der Waals surface area (Å²) < 4.78 is 1.29. The maximum Gasteiger partial charge on any atom is 0.261 e. The molecule has 0 spiro atoms. The largest absolute Gasteiger partial charge is 0.354 e. The van der Waals surface area contributed by atoms with Gasteiger partial charge in [-0.1, -0.05) is 42.5 Å². The highest BCUT2D eigenvalue weighted by Gasteiger charge is 2.22. The third-order valence-corrected chi connectivity index (χ3v) is 6.04. The Hall–Kier alpha value is -3.48. The molecule has 1 saturated heterocycles. The van der Waals surface area contributed by atoms with Gasteiger partial charge in [-0.05, 0) is 42.9 Å². The Morgan fingerprint density at radius 1 is 1.00 bits per heavy atom. The van der Waals surface area contributed by atoms with E-state index in [1.165, 1.54) is 16.5 Å². The van der Waals surface area contributed by atoms with Gasteiger partial charge in [0.05, 0.1) is 17.2 Å². The standard InChI is InChI=1S/C25H28N4O3/c30-23(17-29-18-27-22-9-5-4-8-21(22)25(29)32)26-13-10-24(31)28-14-11-20(12-15-28)16-19-6-2-1-3-7-19/h1-9,18,20H,10-17H2,(H,26,30). The van der Waals surface area contributed by atoms with Crippen molar-refractivity contribution in [2.75, 3.05) is 19.6 Å². The molecule has 0 aliphatic carbocycles. The van der Waals surface area contributed by atoms with Crippen LogP contribution >= 0.6 is 0 Å². The van der Waals surface area contributed by atoms with Crippen molar-refractivity contribution in [1.82, 2.24) is 19.8 Å². The summed E-state index contributed by atoms with van der Waals surface area (Å²) in [6.45, 7) is 1.68. The molecular formula is C25H28N4O3. The first kappa shape index (κ1) is 21.7. The third-order valence-electron chi connectivity index (χ3n) is 6.04. The van der Waals surface area contributed by atoms with Gasteiger partial charge in [0.2, 0.25) is 11.8 Å². The summed E-state index contributed by atoms with van der Waals surface area (Å²) in [5.74, 6) is 0.363. The van der Waals surface area contributed by atoms with Gasteiger partial charge in [-0.2, -0.15) is 0 Å². The van der Waals surface area contributed by atoms with E-state index in [1.54, 1.807) is 18.2 Å². The van der Waals surface area contributed by atoms with Crippen LogP contribution in [0.2, 0.25) is 0 Å². The van der Waals surface area contributed by atoms with Crippen LogP contribution in [-0.4, -0.2) is 45.9 Å². The van der Waals surface area contributed by atoms with Crippen LogP contribution in [0.15, 0.2) is 65.7 Å². The molecule has 1 N–H and O–H groups in total. The number of rotatable bonds is 7. The highest BCUT2D eigenvalue weighted by Crippen LogP contribution is 2.22. The maximum atomic E-state index is 12.5. The normalized spacial score (nSPS) is 14.4. The maximum absolute atomic E-state index is 12.5. The predicted octanol–water partition coefficient (Wildman–Crippen LogP) is 2.38. The van der Waals surface area contributed by atoms with Gasteiger partial charge >= 0.3 is 0 Å². The quantitative estimate of drug-likeness (QED) is 0.621. The molecule has 1 fully saturated rings. The van der Waals surface area contributed by atoms with Crippen LogP contribution < -0.4 is 10.9 Å². The molecule has 0 radical (unpaired) electrons. The van der Waals surface area contributed by atoms with Crippen LogP contribution in [0.4, 0.5) is 0 Å². The summed E-state index contributed by atoms with van der Waals surface area (Å²) in [5, 5.41) is 3.22. The Balaban J connectivity index is 1.19. The van der Waals surface area contributed by atoms with Crippen LogP contribution in [0.25, 0.3) is 10.9 Å². The third kappa shape index (κ3) is 5.41. The number of hydrogen-bond acceptors (Lipinski definition) is 4. The van der Waals surface area contributed by atoms with Crippen LogP contribution in [-0.2, 0) is 22.6 Å². The fourth-order valence-electron chi connectivity index (χ4n) is 4.23. The molecule has 0 saturated carbocycles. The SMILES string of the molecule is O=C(Cn1cnc2ccccc2c1=O)NCCC(=O)N1CCC(Cc2ccccc2)CC1. The first-order valence-corrected chi connectivity index (χ1v) is 11.1. The summed E-state index contributed by atoms with van der Waals surface area (Å²) >= 11 is 0.